The van der Waals surface area contributed by atoms with Crippen LogP contribution in [0.5, 0.6) is 0 Å². The number of carbonyl (C=O) groups is 2. The molecule has 0 bridgehead atoms. The summed E-state index contributed by atoms with van der Waals surface area (Å²) in [4.78, 5) is 26.2. The van der Waals surface area contributed by atoms with Gasteiger partial charge in [0.1, 0.15) is 11.4 Å². The van der Waals surface area contributed by atoms with Crippen LogP contribution in [-0.4, -0.2) is 33.4 Å². The summed E-state index contributed by atoms with van der Waals surface area (Å²) in [5.74, 6) is -1.26. The van der Waals surface area contributed by atoms with E-state index < -0.39 is 11.8 Å². The molecule has 1 aliphatic rings. The van der Waals surface area contributed by atoms with Crippen LogP contribution >= 0.6 is 12.2 Å². The highest BCUT2D eigenvalue weighted by molar-refractivity contribution is 7.80. The predicted molar refractivity (Wildman–Crippen MR) is 114 cm³/mol. The van der Waals surface area contributed by atoms with E-state index in [1.165, 1.54) is 18.0 Å². The minimum atomic E-state index is -0.525. The van der Waals surface area contributed by atoms with Gasteiger partial charge in [-0.3, -0.25) is 19.8 Å². The molecule has 2 heterocycles. The topological polar surface area (TPSA) is 54.3 Å². The lowest BCUT2D eigenvalue weighted by Crippen LogP contribution is -2.52. The van der Waals surface area contributed by atoms with Crippen molar-refractivity contribution in [1.29, 1.82) is 0 Å². The molecule has 7 heteroatoms. The van der Waals surface area contributed by atoms with Crippen molar-refractivity contribution in [2.45, 2.75) is 13.5 Å². The number of likely N-dealkylation sites (N-methyl/N-ethyl adjacent to an activating group) is 1. The third kappa shape index (κ3) is 3.23. The van der Waals surface area contributed by atoms with Gasteiger partial charge >= 0.3 is 0 Å². The summed E-state index contributed by atoms with van der Waals surface area (Å²) in [5, 5.41) is 3.48. The molecule has 0 aliphatic carbocycles. The third-order valence-corrected chi connectivity index (χ3v) is 5.54. The highest BCUT2D eigenvalue weighted by Gasteiger charge is 2.31. The zero-order chi connectivity index (χ0) is 20.7. The lowest BCUT2D eigenvalue weighted by Gasteiger charge is -2.25. The first-order chi connectivity index (χ1) is 13.9. The first-order valence-corrected chi connectivity index (χ1v) is 9.45. The van der Waals surface area contributed by atoms with Gasteiger partial charge in [0.05, 0.1) is 6.54 Å². The molecular formula is C22H18FN3O2S. The van der Waals surface area contributed by atoms with Gasteiger partial charge in [-0.1, -0.05) is 36.4 Å². The summed E-state index contributed by atoms with van der Waals surface area (Å²) in [6.07, 6.45) is 1.59. The molecule has 29 heavy (non-hydrogen) atoms. The van der Waals surface area contributed by atoms with Gasteiger partial charge in [0, 0.05) is 34.8 Å². The third-order valence-electron chi connectivity index (χ3n) is 5.16. The number of halogens is 1. The normalized spacial score (nSPS) is 16.0. The number of nitrogens with zero attached hydrogens (tertiary/aromatic N) is 2. The number of nitrogens with one attached hydrogen (secondary N) is 1. The molecule has 2 aromatic carbocycles. The van der Waals surface area contributed by atoms with Crippen molar-refractivity contribution < 1.29 is 14.0 Å². The van der Waals surface area contributed by atoms with Crippen LogP contribution in [0, 0.1) is 12.7 Å². The molecule has 1 aromatic heterocycles. The van der Waals surface area contributed by atoms with Gasteiger partial charge in [-0.2, -0.15) is 0 Å². The van der Waals surface area contributed by atoms with Crippen molar-refractivity contribution in [3.8, 4) is 0 Å². The minimum Gasteiger partial charge on any atom is -0.340 e. The Bertz CT molecular complexity index is 1210. The SMILES string of the molecule is Cc1c(/C=C2/C(=O)NC(=S)N(C)C2=O)c2ccccc2n1Cc1ccccc1F. The maximum absolute atomic E-state index is 14.2. The largest absolute Gasteiger partial charge is 0.340 e. The summed E-state index contributed by atoms with van der Waals surface area (Å²) in [7, 11) is 1.52. The molecule has 4 rings (SSSR count). The van der Waals surface area contributed by atoms with Crippen molar-refractivity contribution in [3.63, 3.8) is 0 Å². The molecular weight excluding hydrogens is 389 g/mol. The van der Waals surface area contributed by atoms with E-state index in [1.54, 1.807) is 24.3 Å². The van der Waals surface area contributed by atoms with E-state index in [2.05, 4.69) is 5.32 Å². The van der Waals surface area contributed by atoms with Gasteiger partial charge in [0.25, 0.3) is 11.8 Å². The molecule has 2 amide bonds. The lowest BCUT2D eigenvalue weighted by molar-refractivity contribution is -0.128. The van der Waals surface area contributed by atoms with Gasteiger partial charge in [-0.05, 0) is 37.4 Å². The Kier molecular flexibility index (Phi) is 4.76. The molecule has 3 aromatic rings. The van der Waals surface area contributed by atoms with E-state index in [0.717, 1.165) is 22.2 Å². The number of amides is 2. The van der Waals surface area contributed by atoms with Crippen molar-refractivity contribution in [1.82, 2.24) is 14.8 Å². The summed E-state index contributed by atoms with van der Waals surface area (Å²) in [6, 6.07) is 14.3. The number of benzene rings is 2. The number of hydrogen-bond acceptors (Lipinski definition) is 3. The molecule has 5 nitrogen and oxygen atoms in total. The highest BCUT2D eigenvalue weighted by atomic mass is 32.1. The van der Waals surface area contributed by atoms with E-state index in [9.17, 15) is 14.0 Å². The fourth-order valence-electron chi connectivity index (χ4n) is 3.53. The predicted octanol–water partition coefficient (Wildman–Crippen LogP) is 3.39. The first-order valence-electron chi connectivity index (χ1n) is 9.04. The zero-order valence-corrected chi connectivity index (χ0v) is 16.7. The number of aromatic nitrogens is 1. The van der Waals surface area contributed by atoms with E-state index in [1.807, 2.05) is 35.8 Å². The maximum Gasteiger partial charge on any atom is 0.265 e. The molecule has 1 aliphatic heterocycles. The average molecular weight is 407 g/mol. The van der Waals surface area contributed by atoms with Gasteiger partial charge in [-0.15, -0.1) is 0 Å². The van der Waals surface area contributed by atoms with Crippen molar-refractivity contribution in [3.05, 3.63) is 76.7 Å². The quantitative estimate of drug-likeness (QED) is 0.411. The van der Waals surface area contributed by atoms with Crippen LogP contribution in [0.4, 0.5) is 4.39 Å². The second kappa shape index (κ2) is 7.25. The van der Waals surface area contributed by atoms with E-state index in [4.69, 9.17) is 12.2 Å². The second-order valence-corrected chi connectivity index (χ2v) is 7.26. The molecule has 1 saturated heterocycles. The monoisotopic (exact) mass is 407 g/mol. The average Bonchev–Trinajstić information content (AvgIpc) is 2.97. The second-order valence-electron chi connectivity index (χ2n) is 6.88. The van der Waals surface area contributed by atoms with Crippen LogP contribution in [-0.2, 0) is 16.1 Å². The van der Waals surface area contributed by atoms with Crippen LogP contribution in [0.2, 0.25) is 0 Å². The Balaban J connectivity index is 1.87. The summed E-state index contributed by atoms with van der Waals surface area (Å²) in [5.41, 5.74) is 3.05. The standard InChI is InChI=1S/C22H18FN3O2S/c1-13-16(11-17-20(27)24-22(29)25(2)21(17)28)15-8-4-6-10-19(15)26(13)12-14-7-3-5-9-18(14)23/h3-11H,12H2,1-2H3,(H,24,27,29)/b17-11-. The zero-order valence-electron chi connectivity index (χ0n) is 15.9. The molecule has 0 atom stereocenters. The molecule has 0 spiro atoms. The summed E-state index contributed by atoms with van der Waals surface area (Å²) in [6.45, 7) is 2.24. The van der Waals surface area contributed by atoms with Gasteiger partial charge in [-0.25, -0.2) is 4.39 Å². The van der Waals surface area contributed by atoms with Crippen molar-refractivity contribution >= 4 is 46.1 Å². The Labute approximate surface area is 172 Å². The number of fused-ring (bicyclic) bond motifs is 1. The van der Waals surface area contributed by atoms with Crippen LogP contribution in [0.15, 0.2) is 54.1 Å². The number of carbonyl (C=O) groups excluding carboxylic acids is 2. The fraction of sp³-hybridized carbons (Fsp3) is 0.136. The minimum absolute atomic E-state index is 0.0120. The van der Waals surface area contributed by atoms with Crippen LogP contribution in [0.3, 0.4) is 0 Å². The molecule has 0 saturated carbocycles. The van der Waals surface area contributed by atoms with E-state index in [-0.39, 0.29) is 16.5 Å². The van der Waals surface area contributed by atoms with Gasteiger partial charge < -0.3 is 4.57 Å². The van der Waals surface area contributed by atoms with Crippen molar-refractivity contribution in [2.24, 2.45) is 0 Å². The van der Waals surface area contributed by atoms with E-state index in [0.29, 0.717) is 12.1 Å². The van der Waals surface area contributed by atoms with Gasteiger partial charge in [0.15, 0.2) is 5.11 Å². The Morgan fingerprint density at radius 2 is 1.79 bits per heavy atom. The Morgan fingerprint density at radius 1 is 1.10 bits per heavy atom. The molecule has 146 valence electrons. The molecule has 1 N–H and O–H groups in total. The number of thiocarbonyl (C=S) groups is 1. The lowest BCUT2D eigenvalue weighted by atomic mass is 10.1. The number of para-hydroxylation sites is 1. The molecule has 1 fully saturated rings. The van der Waals surface area contributed by atoms with Crippen molar-refractivity contribution in [2.75, 3.05) is 7.05 Å². The summed E-state index contributed by atoms with van der Waals surface area (Å²) >= 11 is 5.00. The summed E-state index contributed by atoms with van der Waals surface area (Å²) < 4.78 is 16.2. The van der Waals surface area contributed by atoms with Crippen LogP contribution in [0.1, 0.15) is 16.8 Å². The number of rotatable bonds is 3. The maximum atomic E-state index is 14.2. The molecule has 0 radical (unpaired) electrons. The Morgan fingerprint density at radius 3 is 2.55 bits per heavy atom. The number of hydrogen-bond donors (Lipinski definition) is 1. The Hall–Kier alpha value is -3.32. The smallest absolute Gasteiger partial charge is 0.265 e. The van der Waals surface area contributed by atoms with Crippen LogP contribution < -0.4 is 5.32 Å². The fourth-order valence-corrected chi connectivity index (χ4v) is 3.71. The first kappa shape index (κ1) is 19.0. The van der Waals surface area contributed by atoms with Crippen LogP contribution in [0.25, 0.3) is 17.0 Å². The van der Waals surface area contributed by atoms with Gasteiger partial charge in [0.2, 0.25) is 0 Å². The van der Waals surface area contributed by atoms with E-state index >= 15 is 0 Å². The highest BCUT2D eigenvalue weighted by Crippen LogP contribution is 2.29. The molecule has 0 unspecified atom stereocenters.